The minimum absolute atomic E-state index is 0.0297. The molecule has 9 heteroatoms. The Bertz CT molecular complexity index is 1380. The van der Waals surface area contributed by atoms with Crippen LogP contribution < -0.4 is 15.5 Å². The number of halogens is 3. The summed E-state index contributed by atoms with van der Waals surface area (Å²) in [6.45, 7) is 3.56. The quantitative estimate of drug-likeness (QED) is 0.372. The molecule has 0 aromatic heterocycles. The second kappa shape index (κ2) is 10.1. The van der Waals surface area contributed by atoms with Gasteiger partial charge in [0.2, 0.25) is 5.91 Å². The summed E-state index contributed by atoms with van der Waals surface area (Å²) in [5, 5.41) is 6.58. The number of hydrogen-bond acceptors (Lipinski definition) is 4. The van der Waals surface area contributed by atoms with Crippen molar-refractivity contribution in [2.75, 3.05) is 15.5 Å². The highest BCUT2D eigenvalue weighted by Crippen LogP contribution is 2.34. The van der Waals surface area contributed by atoms with Gasteiger partial charge in [0.05, 0.1) is 12.1 Å². The Morgan fingerprint density at radius 2 is 1.46 bits per heavy atom. The highest BCUT2D eigenvalue weighted by atomic mass is 35.5. The van der Waals surface area contributed by atoms with Crippen LogP contribution in [0.5, 0.6) is 0 Å². The van der Waals surface area contributed by atoms with Gasteiger partial charge in [0, 0.05) is 21.4 Å². The second-order valence-electron chi connectivity index (χ2n) is 7.98. The molecule has 4 rings (SSSR count). The number of imide groups is 1. The molecule has 1 aliphatic rings. The summed E-state index contributed by atoms with van der Waals surface area (Å²) in [4.78, 5) is 39.2. The SMILES string of the molecule is Cc1c(Cl)cccc1NC(=O)Cc1ccc(NC2=C(Cl)C(=O)N(c3cccc(Cl)c3C)C2=O)cc1. The molecule has 3 aromatic rings. The van der Waals surface area contributed by atoms with E-state index in [0.29, 0.717) is 32.7 Å². The maximum atomic E-state index is 13.0. The Labute approximate surface area is 217 Å². The highest BCUT2D eigenvalue weighted by molar-refractivity contribution is 6.53. The Kier molecular flexibility index (Phi) is 7.17. The van der Waals surface area contributed by atoms with Crippen molar-refractivity contribution in [2.45, 2.75) is 20.3 Å². The zero-order valence-corrected chi connectivity index (χ0v) is 21.1. The first-order valence-electron chi connectivity index (χ1n) is 10.6. The largest absolute Gasteiger partial charge is 0.350 e. The van der Waals surface area contributed by atoms with Gasteiger partial charge in [-0.2, -0.15) is 0 Å². The molecule has 0 fully saturated rings. The van der Waals surface area contributed by atoms with E-state index in [-0.39, 0.29) is 23.1 Å². The van der Waals surface area contributed by atoms with E-state index in [0.717, 1.165) is 16.0 Å². The molecule has 0 atom stereocenters. The van der Waals surface area contributed by atoms with Crippen molar-refractivity contribution in [1.29, 1.82) is 0 Å². The zero-order chi connectivity index (χ0) is 25.3. The van der Waals surface area contributed by atoms with E-state index in [1.54, 1.807) is 67.6 Å². The Balaban J connectivity index is 1.45. The number of amides is 3. The van der Waals surface area contributed by atoms with Crippen LogP contribution in [0.1, 0.15) is 16.7 Å². The molecule has 35 heavy (non-hydrogen) atoms. The van der Waals surface area contributed by atoms with Crippen LogP contribution in [0.3, 0.4) is 0 Å². The van der Waals surface area contributed by atoms with Gasteiger partial charge in [-0.1, -0.05) is 59.1 Å². The maximum absolute atomic E-state index is 13.0. The normalized spacial score (nSPS) is 13.5. The maximum Gasteiger partial charge on any atom is 0.283 e. The highest BCUT2D eigenvalue weighted by Gasteiger charge is 2.39. The fraction of sp³-hybridized carbons (Fsp3) is 0.115. The van der Waals surface area contributed by atoms with Crippen molar-refractivity contribution >= 4 is 69.6 Å². The van der Waals surface area contributed by atoms with Gasteiger partial charge in [0.25, 0.3) is 11.8 Å². The third kappa shape index (κ3) is 5.05. The standard InChI is InChI=1S/C26H20Cl3N3O3/c1-14-18(27)5-3-7-20(14)31-22(33)13-16-9-11-17(12-10-16)30-24-23(29)25(34)32(26(24)35)21-8-4-6-19(28)15(21)2/h3-12,30H,13H2,1-2H3,(H,31,33). The van der Waals surface area contributed by atoms with E-state index in [1.165, 1.54) is 0 Å². The molecule has 0 unspecified atom stereocenters. The molecular formula is C26H20Cl3N3O3. The summed E-state index contributed by atoms with van der Waals surface area (Å²) in [6.07, 6.45) is 0.148. The third-order valence-electron chi connectivity index (χ3n) is 5.64. The van der Waals surface area contributed by atoms with Crippen LogP contribution in [0.25, 0.3) is 0 Å². The van der Waals surface area contributed by atoms with E-state index in [9.17, 15) is 14.4 Å². The van der Waals surface area contributed by atoms with Crippen LogP contribution in [0, 0.1) is 13.8 Å². The Morgan fingerprint density at radius 3 is 2.14 bits per heavy atom. The van der Waals surface area contributed by atoms with Gasteiger partial charge in [-0.15, -0.1) is 0 Å². The summed E-state index contributed by atoms with van der Waals surface area (Å²) in [5.74, 6) is -1.40. The molecule has 0 saturated heterocycles. The van der Waals surface area contributed by atoms with Gasteiger partial charge >= 0.3 is 0 Å². The van der Waals surface area contributed by atoms with Gasteiger partial charge in [-0.3, -0.25) is 14.4 Å². The summed E-state index contributed by atoms with van der Waals surface area (Å²) in [7, 11) is 0. The molecule has 0 radical (unpaired) electrons. The summed E-state index contributed by atoms with van der Waals surface area (Å²) in [5.41, 5.74) is 3.70. The van der Waals surface area contributed by atoms with Gasteiger partial charge in [-0.25, -0.2) is 4.90 Å². The smallest absolute Gasteiger partial charge is 0.283 e. The van der Waals surface area contributed by atoms with E-state index in [4.69, 9.17) is 34.8 Å². The predicted molar refractivity (Wildman–Crippen MR) is 140 cm³/mol. The topological polar surface area (TPSA) is 78.5 Å². The predicted octanol–water partition coefficient (Wildman–Crippen LogP) is 6.23. The molecule has 1 aliphatic heterocycles. The molecule has 2 N–H and O–H groups in total. The molecular weight excluding hydrogens is 509 g/mol. The fourth-order valence-corrected chi connectivity index (χ4v) is 4.20. The number of carbonyl (C=O) groups excluding carboxylic acids is 3. The number of hydrogen-bond donors (Lipinski definition) is 2. The summed E-state index contributed by atoms with van der Waals surface area (Å²) < 4.78 is 0. The first-order valence-corrected chi connectivity index (χ1v) is 11.8. The van der Waals surface area contributed by atoms with E-state index >= 15 is 0 Å². The lowest BCUT2D eigenvalue weighted by atomic mass is 10.1. The molecule has 178 valence electrons. The van der Waals surface area contributed by atoms with Crippen molar-refractivity contribution in [3.8, 4) is 0 Å². The molecule has 6 nitrogen and oxygen atoms in total. The van der Waals surface area contributed by atoms with Crippen LogP contribution in [-0.4, -0.2) is 17.7 Å². The minimum Gasteiger partial charge on any atom is -0.350 e. The average Bonchev–Trinajstić information content (AvgIpc) is 3.03. The molecule has 3 amide bonds. The van der Waals surface area contributed by atoms with E-state index in [1.807, 2.05) is 6.92 Å². The lowest BCUT2D eigenvalue weighted by Crippen LogP contribution is -2.32. The van der Waals surface area contributed by atoms with Crippen molar-refractivity contribution in [3.63, 3.8) is 0 Å². The number of anilines is 3. The van der Waals surface area contributed by atoms with E-state index < -0.39 is 11.8 Å². The first-order chi connectivity index (χ1) is 16.7. The van der Waals surface area contributed by atoms with Gasteiger partial charge in [0.1, 0.15) is 10.7 Å². The van der Waals surface area contributed by atoms with Crippen LogP contribution >= 0.6 is 34.8 Å². The number of carbonyl (C=O) groups is 3. The van der Waals surface area contributed by atoms with E-state index in [2.05, 4.69) is 10.6 Å². The van der Waals surface area contributed by atoms with Crippen molar-refractivity contribution < 1.29 is 14.4 Å². The zero-order valence-electron chi connectivity index (χ0n) is 18.8. The van der Waals surface area contributed by atoms with Crippen LogP contribution in [0.2, 0.25) is 10.0 Å². The second-order valence-corrected chi connectivity index (χ2v) is 9.17. The first kappa shape index (κ1) is 24.8. The van der Waals surface area contributed by atoms with Crippen molar-refractivity contribution in [2.24, 2.45) is 0 Å². The van der Waals surface area contributed by atoms with Crippen LogP contribution in [0.4, 0.5) is 17.1 Å². The summed E-state index contributed by atoms with van der Waals surface area (Å²) >= 11 is 18.5. The molecule has 0 saturated carbocycles. The van der Waals surface area contributed by atoms with Crippen molar-refractivity contribution in [1.82, 2.24) is 0 Å². The molecule has 3 aromatic carbocycles. The Morgan fingerprint density at radius 1 is 0.829 bits per heavy atom. The number of rotatable bonds is 6. The molecule has 0 spiro atoms. The molecule has 0 aliphatic carbocycles. The van der Waals surface area contributed by atoms with Crippen molar-refractivity contribution in [3.05, 3.63) is 98.1 Å². The summed E-state index contributed by atoms with van der Waals surface area (Å²) in [6, 6.07) is 17.2. The van der Waals surface area contributed by atoms with Crippen LogP contribution in [0.15, 0.2) is 71.4 Å². The lowest BCUT2D eigenvalue weighted by Gasteiger charge is -2.18. The molecule has 1 heterocycles. The minimum atomic E-state index is -0.630. The number of nitrogens with one attached hydrogen (secondary N) is 2. The Hall–Kier alpha value is -3.32. The fourth-order valence-electron chi connectivity index (χ4n) is 3.64. The number of benzene rings is 3. The van der Waals surface area contributed by atoms with Gasteiger partial charge in [0.15, 0.2) is 0 Å². The average molecular weight is 529 g/mol. The lowest BCUT2D eigenvalue weighted by molar-refractivity contribution is -0.120. The molecule has 0 bridgehead atoms. The monoisotopic (exact) mass is 527 g/mol. The van der Waals surface area contributed by atoms with Gasteiger partial charge in [-0.05, 0) is 66.9 Å². The number of nitrogens with zero attached hydrogens (tertiary/aromatic N) is 1. The third-order valence-corrected chi connectivity index (χ3v) is 6.81. The van der Waals surface area contributed by atoms with Crippen LogP contribution in [-0.2, 0) is 20.8 Å². The van der Waals surface area contributed by atoms with Gasteiger partial charge < -0.3 is 10.6 Å².